The van der Waals surface area contributed by atoms with E-state index in [1.54, 1.807) is 6.92 Å². The van der Waals surface area contributed by atoms with Gasteiger partial charge in [-0.2, -0.15) is 22.8 Å². The number of carboxylic acids is 1. The maximum atomic E-state index is 11.5. The number of aromatic nitrogens is 2. The predicted molar refractivity (Wildman–Crippen MR) is 114 cm³/mol. The monoisotopic (exact) mass is 468 g/mol. The van der Waals surface area contributed by atoms with Gasteiger partial charge in [0.2, 0.25) is 11.8 Å². The highest BCUT2D eigenvalue weighted by Gasteiger charge is 2.34. The van der Waals surface area contributed by atoms with E-state index >= 15 is 0 Å². The summed E-state index contributed by atoms with van der Waals surface area (Å²) in [5, 5.41) is 19.8. The number of aliphatic carboxylic acids is 1. The van der Waals surface area contributed by atoms with E-state index in [2.05, 4.69) is 20.6 Å². The molecular formula is C17H36N6O7S. The predicted octanol–water partition coefficient (Wildman–Crippen LogP) is -0.287. The summed E-state index contributed by atoms with van der Waals surface area (Å²) < 4.78 is 31.9. The Hall–Kier alpha value is -2.13. The second kappa shape index (κ2) is 16.5. The van der Waals surface area contributed by atoms with Crippen LogP contribution in [-0.4, -0.2) is 53.8 Å². The number of nitrogens with zero attached hydrogens (tertiary/aromatic N) is 2. The van der Waals surface area contributed by atoms with Gasteiger partial charge in [-0.25, -0.2) is 0 Å². The summed E-state index contributed by atoms with van der Waals surface area (Å²) in [6, 6.07) is 0. The molecule has 0 aliphatic heterocycles. The molecule has 0 spiro atoms. The molecule has 182 valence electrons. The van der Waals surface area contributed by atoms with Gasteiger partial charge in [-0.15, -0.1) is 0 Å². The summed E-state index contributed by atoms with van der Waals surface area (Å²) in [6.07, 6.45) is 4.63. The molecule has 0 saturated heterocycles. The molecule has 0 unspecified atom stereocenters. The van der Waals surface area contributed by atoms with Gasteiger partial charge in [0, 0.05) is 13.5 Å². The van der Waals surface area contributed by atoms with Crippen molar-refractivity contribution >= 4 is 22.1 Å². The Kier molecular flexibility index (Phi) is 16.6. The molecule has 0 radical (unpaired) electrons. The van der Waals surface area contributed by atoms with E-state index in [4.69, 9.17) is 20.5 Å². The molecule has 8 N–H and O–H groups in total. The fraction of sp³-hybridized carbons (Fsp3) is 0.765. The SMILES string of the molecule is CC.CC(N)=O.CCO.NC1(c2noc(CNS(=O)(=O)NCC(=O)O)n2)CCCCC1. The number of carbonyl (C=O) groups excluding carboxylic acids is 1. The van der Waals surface area contributed by atoms with Crippen LogP contribution < -0.4 is 20.9 Å². The lowest BCUT2D eigenvalue weighted by atomic mass is 9.82. The summed E-state index contributed by atoms with van der Waals surface area (Å²) >= 11 is 0. The van der Waals surface area contributed by atoms with Gasteiger partial charge in [0.1, 0.15) is 6.54 Å². The second-order valence-electron chi connectivity index (χ2n) is 6.19. The first kappa shape index (κ1) is 31.1. The van der Waals surface area contributed by atoms with Crippen LogP contribution in [0.3, 0.4) is 0 Å². The Morgan fingerprint density at radius 3 is 2.13 bits per heavy atom. The first-order chi connectivity index (χ1) is 14.5. The molecule has 31 heavy (non-hydrogen) atoms. The topological polar surface area (TPSA) is 224 Å². The van der Waals surface area contributed by atoms with Crippen LogP contribution in [-0.2, 0) is 31.9 Å². The Morgan fingerprint density at radius 2 is 1.68 bits per heavy atom. The number of hydrogen-bond donors (Lipinski definition) is 6. The van der Waals surface area contributed by atoms with Crippen molar-refractivity contribution in [3.63, 3.8) is 0 Å². The maximum absolute atomic E-state index is 11.5. The number of nitrogens with two attached hydrogens (primary N) is 2. The molecule has 0 bridgehead atoms. The zero-order chi connectivity index (χ0) is 24.5. The standard InChI is InChI=1S/C11H19N5O5S.C2H5NO.C2H6O.C2H6/c12-11(4-2-1-3-5-11)10-15-8(21-16-10)6-13-22(19,20)14-7-9(17)18;1-2(3)4;1-2-3;1-2/h13-14H,1-7,12H2,(H,17,18);1H3,(H2,3,4);3H,2H2,1H3;1-2H3. The second-order valence-corrected chi connectivity index (χ2v) is 7.78. The minimum atomic E-state index is -3.95. The minimum absolute atomic E-state index is 0.0751. The largest absolute Gasteiger partial charge is 0.480 e. The average molecular weight is 469 g/mol. The number of aliphatic hydroxyl groups is 1. The fourth-order valence-corrected chi connectivity index (χ4v) is 3.03. The zero-order valence-electron chi connectivity index (χ0n) is 18.5. The number of nitrogens with one attached hydrogen (secondary N) is 2. The van der Waals surface area contributed by atoms with Gasteiger partial charge in [-0.1, -0.05) is 38.3 Å². The Morgan fingerprint density at radius 1 is 1.19 bits per heavy atom. The number of amides is 1. The third-order valence-electron chi connectivity index (χ3n) is 3.49. The van der Waals surface area contributed by atoms with Gasteiger partial charge >= 0.3 is 5.97 Å². The summed E-state index contributed by atoms with van der Waals surface area (Å²) in [5.74, 6) is -1.17. The van der Waals surface area contributed by atoms with Gasteiger partial charge in [-0.05, 0) is 19.8 Å². The van der Waals surface area contributed by atoms with Crippen LogP contribution in [0.5, 0.6) is 0 Å². The van der Waals surface area contributed by atoms with Crippen molar-refractivity contribution in [1.82, 2.24) is 19.6 Å². The van der Waals surface area contributed by atoms with Gasteiger partial charge in [0.05, 0.1) is 12.1 Å². The van der Waals surface area contributed by atoms with E-state index in [9.17, 15) is 18.0 Å². The lowest BCUT2D eigenvalue weighted by Gasteiger charge is -2.29. The van der Waals surface area contributed by atoms with Crippen molar-refractivity contribution in [1.29, 1.82) is 0 Å². The highest BCUT2D eigenvalue weighted by molar-refractivity contribution is 7.87. The summed E-state index contributed by atoms with van der Waals surface area (Å²) in [4.78, 5) is 23.7. The zero-order valence-corrected chi connectivity index (χ0v) is 19.4. The van der Waals surface area contributed by atoms with Crippen LogP contribution in [0, 0.1) is 0 Å². The lowest BCUT2D eigenvalue weighted by molar-refractivity contribution is -0.135. The van der Waals surface area contributed by atoms with Crippen molar-refractivity contribution in [2.75, 3.05) is 13.2 Å². The number of hydrogen-bond acceptors (Lipinski definition) is 9. The maximum Gasteiger partial charge on any atom is 0.318 e. The van der Waals surface area contributed by atoms with E-state index in [1.807, 2.05) is 18.6 Å². The van der Waals surface area contributed by atoms with Crippen LogP contribution in [0.2, 0.25) is 0 Å². The number of rotatable bonds is 7. The van der Waals surface area contributed by atoms with Crippen molar-refractivity contribution in [2.45, 2.75) is 71.9 Å². The number of carboxylic acid groups (broad SMARTS) is 1. The number of aliphatic hydroxyl groups excluding tert-OH is 1. The summed E-state index contributed by atoms with van der Waals surface area (Å²) in [7, 11) is -3.95. The van der Waals surface area contributed by atoms with Crippen LogP contribution in [0.25, 0.3) is 0 Å². The van der Waals surface area contributed by atoms with E-state index in [-0.39, 0.29) is 24.9 Å². The first-order valence-corrected chi connectivity index (χ1v) is 11.4. The lowest BCUT2D eigenvalue weighted by Crippen LogP contribution is -2.40. The summed E-state index contributed by atoms with van der Waals surface area (Å²) in [6.45, 7) is 6.29. The molecule has 1 amide bonds. The normalized spacial score (nSPS) is 14.5. The molecule has 1 aliphatic carbocycles. The minimum Gasteiger partial charge on any atom is -0.480 e. The van der Waals surface area contributed by atoms with Crippen molar-refractivity contribution in [2.24, 2.45) is 11.5 Å². The van der Waals surface area contributed by atoms with E-state index in [1.165, 1.54) is 6.92 Å². The quantitative estimate of drug-likeness (QED) is 0.306. The molecular weight excluding hydrogens is 432 g/mol. The van der Waals surface area contributed by atoms with E-state index < -0.39 is 28.3 Å². The number of primary amides is 1. The molecule has 1 aliphatic rings. The highest BCUT2D eigenvalue weighted by Crippen LogP contribution is 2.32. The Labute approximate surface area is 183 Å². The van der Waals surface area contributed by atoms with E-state index in [0.29, 0.717) is 5.82 Å². The molecule has 1 aromatic heterocycles. The Balaban J connectivity index is 0. The van der Waals surface area contributed by atoms with Crippen LogP contribution in [0.1, 0.15) is 71.5 Å². The average Bonchev–Trinajstić information content (AvgIpc) is 3.18. The molecule has 0 aromatic carbocycles. The first-order valence-electron chi connectivity index (χ1n) is 9.90. The molecule has 14 heteroatoms. The molecule has 0 atom stereocenters. The van der Waals surface area contributed by atoms with Crippen LogP contribution in [0.4, 0.5) is 0 Å². The van der Waals surface area contributed by atoms with Crippen molar-refractivity contribution in [3.8, 4) is 0 Å². The smallest absolute Gasteiger partial charge is 0.318 e. The van der Waals surface area contributed by atoms with Crippen molar-refractivity contribution in [3.05, 3.63) is 11.7 Å². The Bertz CT molecular complexity index is 729. The highest BCUT2D eigenvalue weighted by atomic mass is 32.2. The van der Waals surface area contributed by atoms with Gasteiger partial charge in [0.15, 0.2) is 5.82 Å². The molecule has 1 saturated carbocycles. The fourth-order valence-electron chi connectivity index (χ4n) is 2.30. The van der Waals surface area contributed by atoms with Crippen molar-refractivity contribution < 1.29 is 32.7 Å². The van der Waals surface area contributed by atoms with Gasteiger partial charge < -0.3 is 26.2 Å². The third-order valence-corrected chi connectivity index (χ3v) is 4.53. The summed E-state index contributed by atoms with van der Waals surface area (Å²) in [5.41, 5.74) is 10.1. The molecule has 13 nitrogen and oxygen atoms in total. The van der Waals surface area contributed by atoms with Crippen LogP contribution >= 0.6 is 0 Å². The molecule has 1 heterocycles. The van der Waals surface area contributed by atoms with Crippen LogP contribution in [0.15, 0.2) is 4.52 Å². The number of carbonyl (C=O) groups is 2. The van der Waals surface area contributed by atoms with E-state index in [0.717, 1.165) is 32.1 Å². The van der Waals surface area contributed by atoms with Gasteiger partial charge in [-0.3, -0.25) is 9.59 Å². The molecule has 1 fully saturated rings. The molecule has 2 rings (SSSR count). The third kappa shape index (κ3) is 15.3. The molecule has 1 aromatic rings. The van der Waals surface area contributed by atoms with Gasteiger partial charge in [0.25, 0.3) is 10.2 Å².